The van der Waals surface area contributed by atoms with Crippen LogP contribution in [0, 0.1) is 5.82 Å². The molecular formula is C18H14Cl2FN3O. The Morgan fingerprint density at radius 3 is 2.64 bits per heavy atom. The van der Waals surface area contributed by atoms with Crippen molar-refractivity contribution in [2.75, 3.05) is 0 Å². The number of amides is 1. The maximum absolute atomic E-state index is 12.9. The zero-order valence-corrected chi connectivity index (χ0v) is 14.6. The van der Waals surface area contributed by atoms with Gasteiger partial charge in [-0.1, -0.05) is 35.3 Å². The summed E-state index contributed by atoms with van der Waals surface area (Å²) >= 11 is 12.1. The minimum atomic E-state index is -0.304. The molecule has 128 valence electrons. The fraction of sp³-hybridized carbons (Fsp3) is 0.111. The maximum atomic E-state index is 12.9. The Morgan fingerprint density at radius 2 is 1.92 bits per heavy atom. The molecule has 0 atom stereocenters. The monoisotopic (exact) mass is 377 g/mol. The highest BCUT2D eigenvalue weighted by Gasteiger charge is 2.09. The number of hydrogen-bond acceptors (Lipinski definition) is 2. The highest BCUT2D eigenvalue weighted by molar-refractivity contribution is 6.36. The first-order chi connectivity index (χ1) is 12.0. The van der Waals surface area contributed by atoms with E-state index in [0.29, 0.717) is 22.3 Å². The lowest BCUT2D eigenvalue weighted by Crippen LogP contribution is -2.26. The molecule has 0 spiro atoms. The Morgan fingerprint density at radius 1 is 1.16 bits per heavy atom. The lowest BCUT2D eigenvalue weighted by molar-refractivity contribution is -0.121. The van der Waals surface area contributed by atoms with Crippen molar-refractivity contribution in [2.45, 2.75) is 13.1 Å². The molecule has 0 aliphatic carbocycles. The Hall–Kier alpha value is -2.37. The van der Waals surface area contributed by atoms with E-state index < -0.39 is 0 Å². The summed E-state index contributed by atoms with van der Waals surface area (Å²) in [6.07, 6.45) is 3.31. The number of carbonyl (C=O) groups excluding carboxylic acids is 1. The Bertz CT molecular complexity index is 894. The van der Waals surface area contributed by atoms with Crippen molar-refractivity contribution in [3.63, 3.8) is 0 Å². The number of halogens is 3. The van der Waals surface area contributed by atoms with Gasteiger partial charge in [-0.25, -0.2) is 9.37 Å². The number of hydrogen-bond donors (Lipinski definition) is 1. The normalized spacial score (nSPS) is 10.7. The molecule has 0 radical (unpaired) electrons. The first-order valence-corrected chi connectivity index (χ1v) is 8.25. The number of rotatable bonds is 5. The molecular weight excluding hydrogens is 364 g/mol. The van der Waals surface area contributed by atoms with Gasteiger partial charge >= 0.3 is 0 Å². The Kier molecular flexibility index (Phi) is 5.36. The van der Waals surface area contributed by atoms with Crippen LogP contribution in [0.3, 0.4) is 0 Å². The van der Waals surface area contributed by atoms with Crippen molar-refractivity contribution in [1.29, 1.82) is 0 Å². The third kappa shape index (κ3) is 4.59. The number of benzene rings is 2. The zero-order chi connectivity index (χ0) is 17.8. The summed E-state index contributed by atoms with van der Waals surface area (Å²) in [5.74, 6) is -0.475. The van der Waals surface area contributed by atoms with Crippen LogP contribution in [0.2, 0.25) is 10.0 Å². The fourth-order valence-corrected chi connectivity index (χ4v) is 2.81. The van der Waals surface area contributed by atoms with Gasteiger partial charge in [-0.05, 0) is 35.9 Å². The van der Waals surface area contributed by atoms with E-state index in [1.54, 1.807) is 47.4 Å². The molecule has 0 aliphatic rings. The van der Waals surface area contributed by atoms with Crippen molar-refractivity contribution in [3.05, 3.63) is 76.4 Å². The van der Waals surface area contributed by atoms with Crippen molar-refractivity contribution in [3.8, 4) is 11.3 Å². The van der Waals surface area contributed by atoms with E-state index in [-0.39, 0.29) is 18.3 Å². The van der Waals surface area contributed by atoms with E-state index in [1.807, 2.05) is 0 Å². The number of imidazole rings is 1. The highest BCUT2D eigenvalue weighted by atomic mass is 35.5. The summed E-state index contributed by atoms with van der Waals surface area (Å²) in [5, 5.41) is 3.83. The molecule has 0 unspecified atom stereocenters. The maximum Gasteiger partial charge on any atom is 0.240 e. The van der Waals surface area contributed by atoms with Crippen LogP contribution >= 0.6 is 23.2 Å². The van der Waals surface area contributed by atoms with Crippen LogP contribution in [0.15, 0.2) is 55.0 Å². The number of nitrogens with one attached hydrogen (secondary N) is 1. The number of carbonyl (C=O) groups is 1. The summed E-state index contributed by atoms with van der Waals surface area (Å²) in [7, 11) is 0. The van der Waals surface area contributed by atoms with Gasteiger partial charge in [0.05, 0.1) is 17.0 Å². The van der Waals surface area contributed by atoms with E-state index in [4.69, 9.17) is 23.2 Å². The average molecular weight is 378 g/mol. The molecule has 0 fully saturated rings. The van der Waals surface area contributed by atoms with E-state index in [9.17, 15) is 9.18 Å². The van der Waals surface area contributed by atoms with Gasteiger partial charge < -0.3 is 9.88 Å². The lowest BCUT2D eigenvalue weighted by Gasteiger charge is -2.06. The molecule has 3 aromatic rings. The van der Waals surface area contributed by atoms with Crippen LogP contribution < -0.4 is 5.32 Å². The predicted octanol–water partition coefficient (Wildman–Crippen LogP) is 4.31. The molecule has 0 bridgehead atoms. The topological polar surface area (TPSA) is 46.9 Å². The third-order valence-electron chi connectivity index (χ3n) is 3.57. The summed E-state index contributed by atoms with van der Waals surface area (Å²) in [5.41, 5.74) is 2.23. The van der Waals surface area contributed by atoms with Gasteiger partial charge in [0.15, 0.2) is 0 Å². The zero-order valence-electron chi connectivity index (χ0n) is 13.0. The number of aromatic nitrogens is 2. The molecule has 0 saturated carbocycles. The van der Waals surface area contributed by atoms with Crippen molar-refractivity contribution in [1.82, 2.24) is 14.9 Å². The van der Waals surface area contributed by atoms with Gasteiger partial charge in [0.2, 0.25) is 5.91 Å². The minimum absolute atomic E-state index is 0.124. The predicted molar refractivity (Wildman–Crippen MR) is 95.9 cm³/mol. The SMILES string of the molecule is O=C(Cn1cnc(-c2ccc(Cl)cc2Cl)c1)NCc1ccc(F)cc1. The summed E-state index contributed by atoms with van der Waals surface area (Å²) in [6, 6.07) is 11.1. The second kappa shape index (κ2) is 7.68. The Balaban J connectivity index is 1.60. The average Bonchev–Trinajstić information content (AvgIpc) is 3.02. The van der Waals surface area contributed by atoms with Crippen LogP contribution in [0.1, 0.15) is 5.56 Å². The van der Waals surface area contributed by atoms with Crippen molar-refractivity contribution in [2.24, 2.45) is 0 Å². The van der Waals surface area contributed by atoms with Gasteiger partial charge in [0.1, 0.15) is 12.4 Å². The largest absolute Gasteiger partial charge is 0.350 e. The molecule has 4 nitrogen and oxygen atoms in total. The fourth-order valence-electron chi connectivity index (χ4n) is 2.31. The molecule has 7 heteroatoms. The van der Waals surface area contributed by atoms with Crippen LogP contribution in [0.4, 0.5) is 4.39 Å². The summed E-state index contributed by atoms with van der Waals surface area (Å²) in [4.78, 5) is 16.3. The second-order valence-electron chi connectivity index (χ2n) is 5.46. The lowest BCUT2D eigenvalue weighted by atomic mass is 10.2. The standard InChI is InChI=1S/C18H14Cl2FN3O/c19-13-3-6-15(16(20)7-13)17-9-24(11-23-17)10-18(25)22-8-12-1-4-14(21)5-2-12/h1-7,9,11H,8,10H2,(H,22,25). The molecule has 1 amide bonds. The molecule has 25 heavy (non-hydrogen) atoms. The van der Waals surface area contributed by atoms with E-state index >= 15 is 0 Å². The second-order valence-corrected chi connectivity index (χ2v) is 6.30. The minimum Gasteiger partial charge on any atom is -0.350 e. The van der Waals surface area contributed by atoms with Gasteiger partial charge in [-0.2, -0.15) is 0 Å². The van der Waals surface area contributed by atoms with Crippen molar-refractivity contribution >= 4 is 29.1 Å². The molecule has 1 aromatic heterocycles. The first-order valence-electron chi connectivity index (χ1n) is 7.49. The Labute approximate surface area is 154 Å². The van der Waals surface area contributed by atoms with Crippen LogP contribution in [-0.4, -0.2) is 15.5 Å². The highest BCUT2D eigenvalue weighted by Crippen LogP contribution is 2.28. The van der Waals surface area contributed by atoms with Crippen molar-refractivity contribution < 1.29 is 9.18 Å². The van der Waals surface area contributed by atoms with Gasteiger partial charge in [-0.3, -0.25) is 4.79 Å². The summed E-state index contributed by atoms with van der Waals surface area (Å²) < 4.78 is 14.5. The summed E-state index contributed by atoms with van der Waals surface area (Å²) in [6.45, 7) is 0.461. The molecule has 2 aromatic carbocycles. The van der Waals surface area contributed by atoms with E-state index in [2.05, 4.69) is 10.3 Å². The smallest absolute Gasteiger partial charge is 0.240 e. The quantitative estimate of drug-likeness (QED) is 0.719. The molecule has 1 N–H and O–H groups in total. The molecule has 3 rings (SSSR count). The first kappa shape index (κ1) is 17.5. The third-order valence-corrected chi connectivity index (χ3v) is 4.12. The van der Waals surface area contributed by atoms with E-state index in [0.717, 1.165) is 11.1 Å². The molecule has 0 saturated heterocycles. The van der Waals surface area contributed by atoms with E-state index in [1.165, 1.54) is 12.1 Å². The molecule has 1 heterocycles. The van der Waals surface area contributed by atoms with Crippen LogP contribution in [-0.2, 0) is 17.9 Å². The molecule has 0 aliphatic heterocycles. The van der Waals surface area contributed by atoms with Gasteiger partial charge in [0, 0.05) is 23.3 Å². The number of nitrogens with zero attached hydrogens (tertiary/aromatic N) is 2. The van der Waals surface area contributed by atoms with Gasteiger partial charge in [0.25, 0.3) is 0 Å². The van der Waals surface area contributed by atoms with Crippen LogP contribution in [0.5, 0.6) is 0 Å². The van der Waals surface area contributed by atoms with Crippen LogP contribution in [0.25, 0.3) is 11.3 Å². The van der Waals surface area contributed by atoms with Gasteiger partial charge in [-0.15, -0.1) is 0 Å².